The van der Waals surface area contributed by atoms with E-state index in [0.29, 0.717) is 31.1 Å². The molecule has 2 aromatic heterocycles. The topological polar surface area (TPSA) is 58.4 Å². The van der Waals surface area contributed by atoms with Gasteiger partial charge in [-0.3, -0.25) is 9.30 Å². The monoisotopic (exact) mass is 300 g/mol. The van der Waals surface area contributed by atoms with Crippen molar-refractivity contribution in [2.24, 2.45) is 5.92 Å². The van der Waals surface area contributed by atoms with Gasteiger partial charge in [0.1, 0.15) is 6.33 Å². The lowest BCUT2D eigenvalue weighted by Crippen LogP contribution is -2.33. The normalized spacial score (nSPS) is 20.2. The minimum Gasteiger partial charge on any atom is -0.367 e. The number of hydrogen-bond donors (Lipinski definition) is 1. The van der Waals surface area contributed by atoms with Crippen LogP contribution in [0.4, 0.5) is 19.0 Å². The predicted molar refractivity (Wildman–Crippen MR) is 69.9 cm³/mol. The van der Waals surface area contributed by atoms with Gasteiger partial charge in [0.2, 0.25) is 5.65 Å². The number of hydrogen-bond acceptors (Lipinski definition) is 5. The second-order valence-electron chi connectivity index (χ2n) is 5.22. The van der Waals surface area contributed by atoms with Crippen LogP contribution in [0.1, 0.15) is 6.42 Å². The number of rotatable bonds is 4. The van der Waals surface area contributed by atoms with Crippen LogP contribution in [0.25, 0.3) is 5.65 Å². The van der Waals surface area contributed by atoms with E-state index in [4.69, 9.17) is 0 Å². The van der Waals surface area contributed by atoms with Gasteiger partial charge in [-0.25, -0.2) is 4.98 Å². The zero-order valence-electron chi connectivity index (χ0n) is 11.2. The molecular weight excluding hydrogens is 285 g/mol. The van der Waals surface area contributed by atoms with Gasteiger partial charge < -0.3 is 5.32 Å². The highest BCUT2D eigenvalue weighted by Crippen LogP contribution is 2.23. The molecule has 0 saturated carbocycles. The minimum atomic E-state index is -4.13. The Hall–Kier alpha value is -1.90. The molecule has 0 amide bonds. The molecule has 1 saturated heterocycles. The summed E-state index contributed by atoms with van der Waals surface area (Å²) in [6, 6.07) is 0. The van der Waals surface area contributed by atoms with E-state index >= 15 is 0 Å². The van der Waals surface area contributed by atoms with Gasteiger partial charge in [0.25, 0.3) is 0 Å². The number of fused-ring (bicyclic) bond motifs is 1. The molecule has 1 fully saturated rings. The third-order valence-corrected chi connectivity index (χ3v) is 3.55. The lowest BCUT2D eigenvalue weighted by Gasteiger charge is -2.18. The van der Waals surface area contributed by atoms with Gasteiger partial charge in [-0.1, -0.05) is 0 Å². The van der Waals surface area contributed by atoms with Gasteiger partial charge in [0, 0.05) is 25.5 Å². The average molecular weight is 300 g/mol. The third-order valence-electron chi connectivity index (χ3n) is 3.55. The molecule has 6 nitrogen and oxygen atoms in total. The Morgan fingerprint density at radius 1 is 1.38 bits per heavy atom. The molecule has 1 N–H and O–H groups in total. The zero-order valence-corrected chi connectivity index (χ0v) is 11.2. The summed E-state index contributed by atoms with van der Waals surface area (Å²) in [7, 11) is 0. The lowest BCUT2D eigenvalue weighted by molar-refractivity contribution is -0.143. The molecule has 1 aliphatic rings. The highest BCUT2D eigenvalue weighted by atomic mass is 19.4. The fraction of sp³-hybridized carbons (Fsp3) is 0.583. The maximum absolute atomic E-state index is 12.3. The van der Waals surface area contributed by atoms with Crippen LogP contribution >= 0.6 is 0 Å². The molecule has 0 aliphatic carbocycles. The van der Waals surface area contributed by atoms with Crippen molar-refractivity contribution < 1.29 is 13.2 Å². The molecule has 21 heavy (non-hydrogen) atoms. The molecule has 1 aliphatic heterocycles. The Morgan fingerprint density at radius 3 is 3.05 bits per heavy atom. The SMILES string of the molecule is FC(F)(F)CN1CCC(CNc2nccn3cnnc23)C1. The van der Waals surface area contributed by atoms with Crippen molar-refractivity contribution in [1.29, 1.82) is 0 Å². The zero-order chi connectivity index (χ0) is 14.9. The Balaban J connectivity index is 1.56. The minimum absolute atomic E-state index is 0.178. The summed E-state index contributed by atoms with van der Waals surface area (Å²) < 4.78 is 38.8. The summed E-state index contributed by atoms with van der Waals surface area (Å²) in [5, 5.41) is 10.9. The van der Waals surface area contributed by atoms with Crippen LogP contribution in [0.5, 0.6) is 0 Å². The molecule has 3 heterocycles. The van der Waals surface area contributed by atoms with Crippen LogP contribution in [-0.4, -0.2) is 56.8 Å². The van der Waals surface area contributed by atoms with Crippen molar-refractivity contribution in [3.8, 4) is 0 Å². The van der Waals surface area contributed by atoms with E-state index in [2.05, 4.69) is 20.5 Å². The van der Waals surface area contributed by atoms with E-state index in [-0.39, 0.29) is 5.92 Å². The number of likely N-dealkylation sites (tertiary alicyclic amines) is 1. The van der Waals surface area contributed by atoms with E-state index in [1.165, 1.54) is 4.90 Å². The summed E-state index contributed by atoms with van der Waals surface area (Å²) in [4.78, 5) is 5.63. The van der Waals surface area contributed by atoms with Crippen molar-refractivity contribution in [2.75, 3.05) is 31.5 Å². The van der Waals surface area contributed by atoms with E-state index in [0.717, 1.165) is 6.42 Å². The van der Waals surface area contributed by atoms with Gasteiger partial charge in [0.05, 0.1) is 6.54 Å². The molecule has 114 valence electrons. The van der Waals surface area contributed by atoms with Crippen LogP contribution in [0.2, 0.25) is 0 Å². The van der Waals surface area contributed by atoms with Crippen molar-refractivity contribution >= 4 is 11.5 Å². The maximum Gasteiger partial charge on any atom is 0.401 e. The van der Waals surface area contributed by atoms with Crippen molar-refractivity contribution in [3.63, 3.8) is 0 Å². The second-order valence-corrected chi connectivity index (χ2v) is 5.22. The molecule has 3 rings (SSSR count). The van der Waals surface area contributed by atoms with Crippen LogP contribution in [0.15, 0.2) is 18.7 Å². The van der Waals surface area contributed by atoms with Crippen molar-refractivity contribution in [2.45, 2.75) is 12.6 Å². The molecule has 9 heteroatoms. The number of nitrogens with zero attached hydrogens (tertiary/aromatic N) is 5. The van der Waals surface area contributed by atoms with Crippen LogP contribution in [-0.2, 0) is 0 Å². The van der Waals surface area contributed by atoms with Gasteiger partial charge in [0.15, 0.2) is 5.82 Å². The number of halogens is 3. The second kappa shape index (κ2) is 5.47. The fourth-order valence-corrected chi connectivity index (χ4v) is 2.60. The quantitative estimate of drug-likeness (QED) is 0.925. The smallest absolute Gasteiger partial charge is 0.367 e. The Bertz CT molecular complexity index is 610. The summed E-state index contributed by atoms with van der Waals surface area (Å²) >= 11 is 0. The molecule has 1 atom stereocenters. The molecule has 0 aromatic carbocycles. The number of aromatic nitrogens is 4. The first-order valence-electron chi connectivity index (χ1n) is 6.68. The lowest BCUT2D eigenvalue weighted by atomic mass is 10.1. The highest BCUT2D eigenvalue weighted by molar-refractivity contribution is 5.61. The van der Waals surface area contributed by atoms with Gasteiger partial charge in [-0.15, -0.1) is 10.2 Å². The highest BCUT2D eigenvalue weighted by Gasteiger charge is 2.34. The summed E-state index contributed by atoms with van der Waals surface area (Å²) in [6.07, 6.45) is 1.56. The van der Waals surface area contributed by atoms with Gasteiger partial charge in [-0.2, -0.15) is 13.2 Å². The standard InChI is InChI=1S/C12H15F3N6/c13-12(14,15)7-20-3-1-9(6-20)5-17-10-11-19-18-8-21(11)4-2-16-10/h2,4,8-9H,1,3,5-7H2,(H,16,17). The predicted octanol–water partition coefficient (Wildman–Crippen LogP) is 1.42. The maximum atomic E-state index is 12.3. The average Bonchev–Trinajstić information content (AvgIpc) is 3.03. The first-order chi connectivity index (χ1) is 10.0. The van der Waals surface area contributed by atoms with Crippen LogP contribution < -0.4 is 5.32 Å². The number of anilines is 1. The van der Waals surface area contributed by atoms with Gasteiger partial charge >= 0.3 is 6.18 Å². The van der Waals surface area contributed by atoms with Gasteiger partial charge in [-0.05, 0) is 18.9 Å². The molecule has 0 bridgehead atoms. The number of alkyl halides is 3. The fourth-order valence-electron chi connectivity index (χ4n) is 2.60. The van der Waals surface area contributed by atoms with Crippen molar-refractivity contribution in [3.05, 3.63) is 18.7 Å². The number of nitrogens with one attached hydrogen (secondary N) is 1. The first-order valence-corrected chi connectivity index (χ1v) is 6.68. The molecule has 1 unspecified atom stereocenters. The largest absolute Gasteiger partial charge is 0.401 e. The van der Waals surface area contributed by atoms with E-state index < -0.39 is 12.7 Å². The Morgan fingerprint density at radius 2 is 2.24 bits per heavy atom. The molecule has 0 spiro atoms. The van der Waals surface area contributed by atoms with Crippen LogP contribution in [0, 0.1) is 5.92 Å². The Kier molecular flexibility index (Phi) is 3.66. The third kappa shape index (κ3) is 3.41. The molecule has 0 radical (unpaired) electrons. The summed E-state index contributed by atoms with van der Waals surface area (Å²) in [6.45, 7) is 0.673. The Labute approximate surface area is 119 Å². The van der Waals surface area contributed by atoms with E-state index in [1.54, 1.807) is 23.1 Å². The molecular formula is C12H15F3N6. The summed E-state index contributed by atoms with van der Waals surface area (Å²) in [5.41, 5.74) is 0.614. The van der Waals surface area contributed by atoms with Crippen LogP contribution in [0.3, 0.4) is 0 Å². The van der Waals surface area contributed by atoms with E-state index in [9.17, 15) is 13.2 Å². The molecule has 2 aromatic rings. The summed E-state index contributed by atoms with van der Waals surface area (Å²) in [5.74, 6) is 0.779. The van der Waals surface area contributed by atoms with Crippen molar-refractivity contribution in [1.82, 2.24) is 24.5 Å². The first kappa shape index (κ1) is 14.1. The van der Waals surface area contributed by atoms with E-state index in [1.807, 2.05) is 0 Å².